The van der Waals surface area contributed by atoms with E-state index >= 15 is 0 Å². The molecule has 1 atom stereocenters. The van der Waals surface area contributed by atoms with E-state index in [-0.39, 0.29) is 16.8 Å². The number of benzene rings is 1. The van der Waals surface area contributed by atoms with Crippen LogP contribution in [0.25, 0.3) is 0 Å². The van der Waals surface area contributed by atoms with E-state index in [9.17, 15) is 4.39 Å². The molecule has 3 heteroatoms. The lowest BCUT2D eigenvalue weighted by Gasteiger charge is -2.42. The van der Waals surface area contributed by atoms with Gasteiger partial charge >= 0.3 is 0 Å². The second-order valence-electron chi connectivity index (χ2n) is 6.47. The first kappa shape index (κ1) is 14.0. The van der Waals surface area contributed by atoms with Gasteiger partial charge in [-0.25, -0.2) is 4.39 Å². The van der Waals surface area contributed by atoms with E-state index in [4.69, 9.17) is 5.73 Å². The quantitative estimate of drug-likeness (QED) is 0.859. The standard InChI is InChI=1S/C15H21BrFN/c1-14(2)6-3-7-15(18,10-14)9-11-8-12(16)4-5-13(11)17/h4-5,8H,3,6-7,9-10,18H2,1-2H3. The molecule has 1 unspecified atom stereocenters. The van der Waals surface area contributed by atoms with Gasteiger partial charge in [-0.15, -0.1) is 0 Å². The smallest absolute Gasteiger partial charge is 0.126 e. The highest BCUT2D eigenvalue weighted by molar-refractivity contribution is 9.10. The van der Waals surface area contributed by atoms with E-state index in [1.54, 1.807) is 6.07 Å². The van der Waals surface area contributed by atoms with Gasteiger partial charge in [0, 0.05) is 10.0 Å². The molecule has 1 saturated carbocycles. The average Bonchev–Trinajstić information content (AvgIpc) is 2.21. The van der Waals surface area contributed by atoms with Crippen LogP contribution < -0.4 is 5.73 Å². The van der Waals surface area contributed by atoms with Crippen LogP contribution in [-0.2, 0) is 6.42 Å². The molecule has 1 nitrogen and oxygen atoms in total. The maximum Gasteiger partial charge on any atom is 0.126 e. The van der Waals surface area contributed by atoms with Crippen LogP contribution in [0.1, 0.15) is 45.1 Å². The Morgan fingerprint density at radius 3 is 2.72 bits per heavy atom. The highest BCUT2D eigenvalue weighted by Crippen LogP contribution is 2.41. The van der Waals surface area contributed by atoms with Gasteiger partial charge in [0.25, 0.3) is 0 Å². The van der Waals surface area contributed by atoms with Crippen LogP contribution in [0.3, 0.4) is 0 Å². The Labute approximate surface area is 117 Å². The van der Waals surface area contributed by atoms with Crippen molar-refractivity contribution in [1.82, 2.24) is 0 Å². The summed E-state index contributed by atoms with van der Waals surface area (Å²) in [5.74, 6) is -0.147. The molecule has 0 amide bonds. The number of hydrogen-bond acceptors (Lipinski definition) is 1. The summed E-state index contributed by atoms with van der Waals surface area (Å²) < 4.78 is 14.7. The normalized spacial score (nSPS) is 27.2. The topological polar surface area (TPSA) is 26.0 Å². The predicted octanol–water partition coefficient (Wildman–Crippen LogP) is 4.43. The Kier molecular flexibility index (Phi) is 3.84. The van der Waals surface area contributed by atoms with Crippen LogP contribution in [0.15, 0.2) is 22.7 Å². The minimum atomic E-state index is -0.261. The number of nitrogens with two attached hydrogens (primary N) is 1. The Balaban J connectivity index is 2.19. The minimum absolute atomic E-state index is 0.147. The van der Waals surface area contributed by atoms with Crippen LogP contribution >= 0.6 is 15.9 Å². The molecule has 1 fully saturated rings. The Morgan fingerprint density at radius 2 is 2.06 bits per heavy atom. The zero-order valence-corrected chi connectivity index (χ0v) is 12.7. The largest absolute Gasteiger partial charge is 0.325 e. The molecule has 2 N–H and O–H groups in total. The number of rotatable bonds is 2. The molecule has 0 aromatic heterocycles. The summed E-state index contributed by atoms with van der Waals surface area (Å²) in [4.78, 5) is 0. The van der Waals surface area contributed by atoms with Crippen LogP contribution in [0.5, 0.6) is 0 Å². The van der Waals surface area contributed by atoms with Crippen molar-refractivity contribution >= 4 is 15.9 Å². The van der Waals surface area contributed by atoms with E-state index in [2.05, 4.69) is 29.8 Å². The summed E-state index contributed by atoms with van der Waals surface area (Å²) in [5.41, 5.74) is 7.24. The second-order valence-corrected chi connectivity index (χ2v) is 7.39. The fourth-order valence-electron chi connectivity index (χ4n) is 3.26. The zero-order chi connectivity index (χ0) is 13.4. The van der Waals surface area contributed by atoms with E-state index < -0.39 is 0 Å². The van der Waals surface area contributed by atoms with Crippen molar-refractivity contribution in [3.8, 4) is 0 Å². The summed E-state index contributed by atoms with van der Waals surface area (Å²) in [5, 5.41) is 0. The van der Waals surface area contributed by atoms with Gasteiger partial charge in [-0.05, 0) is 54.9 Å². The molecule has 0 saturated heterocycles. The second kappa shape index (κ2) is 4.93. The molecule has 0 bridgehead atoms. The molecule has 0 aliphatic heterocycles. The van der Waals surface area contributed by atoms with Gasteiger partial charge in [0.05, 0.1) is 0 Å². The summed E-state index contributed by atoms with van der Waals surface area (Å²) in [6.45, 7) is 4.51. The minimum Gasteiger partial charge on any atom is -0.325 e. The van der Waals surface area contributed by atoms with Crippen molar-refractivity contribution in [1.29, 1.82) is 0 Å². The lowest BCUT2D eigenvalue weighted by Crippen LogP contribution is -2.48. The highest BCUT2D eigenvalue weighted by atomic mass is 79.9. The third-order valence-electron chi connectivity index (χ3n) is 3.91. The first-order valence-electron chi connectivity index (χ1n) is 6.53. The van der Waals surface area contributed by atoms with E-state index in [0.717, 1.165) is 29.3 Å². The number of halogens is 2. The summed E-state index contributed by atoms with van der Waals surface area (Å²) in [6.07, 6.45) is 4.93. The van der Waals surface area contributed by atoms with Crippen LogP contribution in [0, 0.1) is 11.2 Å². The molecule has 0 spiro atoms. The summed E-state index contributed by atoms with van der Waals surface area (Å²) in [6, 6.07) is 5.09. The van der Waals surface area contributed by atoms with Gasteiger partial charge in [0.2, 0.25) is 0 Å². The van der Waals surface area contributed by atoms with Crippen molar-refractivity contribution in [3.63, 3.8) is 0 Å². The molecule has 1 aliphatic rings. The van der Waals surface area contributed by atoms with Crippen molar-refractivity contribution in [2.45, 2.75) is 51.5 Å². The van der Waals surface area contributed by atoms with Gasteiger partial charge in [0.15, 0.2) is 0 Å². The first-order chi connectivity index (χ1) is 8.30. The Morgan fingerprint density at radius 1 is 1.33 bits per heavy atom. The molecule has 1 aromatic carbocycles. The van der Waals surface area contributed by atoms with E-state index in [1.807, 2.05) is 6.07 Å². The summed E-state index contributed by atoms with van der Waals surface area (Å²) in [7, 11) is 0. The average molecular weight is 314 g/mol. The fourth-order valence-corrected chi connectivity index (χ4v) is 3.67. The fraction of sp³-hybridized carbons (Fsp3) is 0.600. The Bertz CT molecular complexity index is 444. The van der Waals surface area contributed by atoms with Crippen LogP contribution in [-0.4, -0.2) is 5.54 Å². The monoisotopic (exact) mass is 313 g/mol. The molecule has 2 rings (SSSR count). The molecule has 1 aromatic rings. The SMILES string of the molecule is CC1(C)CCCC(N)(Cc2cc(Br)ccc2F)C1. The van der Waals surface area contributed by atoms with Crippen LogP contribution in [0.4, 0.5) is 4.39 Å². The third-order valence-corrected chi connectivity index (χ3v) is 4.40. The van der Waals surface area contributed by atoms with Crippen molar-refractivity contribution in [3.05, 3.63) is 34.1 Å². The molecule has 1 aliphatic carbocycles. The molecule has 18 heavy (non-hydrogen) atoms. The van der Waals surface area contributed by atoms with Gasteiger partial charge < -0.3 is 5.73 Å². The maximum atomic E-state index is 13.8. The van der Waals surface area contributed by atoms with Crippen molar-refractivity contribution in [2.75, 3.05) is 0 Å². The van der Waals surface area contributed by atoms with Crippen molar-refractivity contribution in [2.24, 2.45) is 11.1 Å². The lowest BCUT2D eigenvalue weighted by molar-refractivity contribution is 0.150. The third kappa shape index (κ3) is 3.33. The zero-order valence-electron chi connectivity index (χ0n) is 11.1. The van der Waals surface area contributed by atoms with E-state index in [1.165, 1.54) is 12.5 Å². The molecule has 0 heterocycles. The molecular formula is C15H21BrFN. The van der Waals surface area contributed by atoms with Crippen LogP contribution in [0.2, 0.25) is 0 Å². The Hall–Kier alpha value is -0.410. The van der Waals surface area contributed by atoms with E-state index in [0.29, 0.717) is 6.42 Å². The maximum absolute atomic E-state index is 13.8. The molecule has 0 radical (unpaired) electrons. The van der Waals surface area contributed by atoms with Crippen molar-refractivity contribution < 1.29 is 4.39 Å². The summed E-state index contributed by atoms with van der Waals surface area (Å²) >= 11 is 3.39. The highest BCUT2D eigenvalue weighted by Gasteiger charge is 2.37. The van der Waals surface area contributed by atoms with Gasteiger partial charge in [0.1, 0.15) is 5.82 Å². The predicted molar refractivity (Wildman–Crippen MR) is 77.0 cm³/mol. The molecular weight excluding hydrogens is 293 g/mol. The molecule has 100 valence electrons. The van der Waals surface area contributed by atoms with Gasteiger partial charge in [-0.2, -0.15) is 0 Å². The first-order valence-corrected chi connectivity index (χ1v) is 7.32. The lowest BCUT2D eigenvalue weighted by atomic mass is 9.66. The van der Waals surface area contributed by atoms with Gasteiger partial charge in [-0.3, -0.25) is 0 Å². The van der Waals surface area contributed by atoms with Gasteiger partial charge in [-0.1, -0.05) is 36.2 Å². The number of hydrogen-bond donors (Lipinski definition) is 1.